The number of carbonyl (C=O) groups is 2. The van der Waals surface area contributed by atoms with Crippen LogP contribution in [0, 0.1) is 6.92 Å². The molecule has 0 bridgehead atoms. The van der Waals surface area contributed by atoms with E-state index >= 15 is 0 Å². The van der Waals surface area contributed by atoms with Crippen molar-refractivity contribution in [1.29, 1.82) is 0 Å². The Kier molecular flexibility index (Phi) is 6.76. The van der Waals surface area contributed by atoms with Gasteiger partial charge in [0.25, 0.3) is 0 Å². The third-order valence-electron chi connectivity index (χ3n) is 5.44. The van der Waals surface area contributed by atoms with E-state index in [2.05, 4.69) is 10.2 Å². The molecule has 7 nitrogen and oxygen atoms in total. The van der Waals surface area contributed by atoms with Crippen LogP contribution < -0.4 is 4.90 Å². The molecule has 2 amide bonds. The molecule has 1 aliphatic rings. The van der Waals surface area contributed by atoms with Gasteiger partial charge >= 0.3 is 0 Å². The standard InChI is InChI=1S/C23H26N4O3S/c1-17-5-7-19(8-6-17)27(15-22(29)26-12-3-2-4-13-26)21(28)10-9-20-24-25-23(30-20)18-11-14-31-16-18/h5-8,11,14,16H,2-4,9-10,12-13,15H2,1H3. The number of anilines is 1. The van der Waals surface area contributed by atoms with Crippen molar-refractivity contribution in [3.63, 3.8) is 0 Å². The molecule has 4 rings (SSSR count). The van der Waals surface area contributed by atoms with Gasteiger partial charge in [0.2, 0.25) is 23.6 Å². The Bertz CT molecular complexity index is 1010. The van der Waals surface area contributed by atoms with Crippen molar-refractivity contribution in [3.05, 3.63) is 52.5 Å². The SMILES string of the molecule is Cc1ccc(N(CC(=O)N2CCCCC2)C(=O)CCc2nnc(-c3ccsc3)o2)cc1. The van der Waals surface area contributed by atoms with E-state index in [1.54, 1.807) is 16.2 Å². The van der Waals surface area contributed by atoms with Crippen LogP contribution in [-0.2, 0) is 16.0 Å². The van der Waals surface area contributed by atoms with E-state index in [4.69, 9.17) is 4.42 Å². The van der Waals surface area contributed by atoms with E-state index in [0.29, 0.717) is 18.2 Å². The van der Waals surface area contributed by atoms with Crippen molar-refractivity contribution in [2.24, 2.45) is 0 Å². The van der Waals surface area contributed by atoms with Crippen LogP contribution in [0.1, 0.15) is 37.1 Å². The first-order valence-electron chi connectivity index (χ1n) is 10.6. The average molecular weight is 439 g/mol. The van der Waals surface area contributed by atoms with Gasteiger partial charge in [-0.3, -0.25) is 9.59 Å². The van der Waals surface area contributed by atoms with Gasteiger partial charge in [0.15, 0.2) is 0 Å². The molecule has 1 aliphatic heterocycles. The third-order valence-corrected chi connectivity index (χ3v) is 6.12. The van der Waals surface area contributed by atoms with Crippen LogP contribution in [0.4, 0.5) is 5.69 Å². The van der Waals surface area contributed by atoms with Gasteiger partial charge in [-0.15, -0.1) is 10.2 Å². The first-order chi connectivity index (χ1) is 15.1. The molecule has 1 saturated heterocycles. The minimum absolute atomic E-state index is 0.00819. The number of hydrogen-bond donors (Lipinski definition) is 0. The summed E-state index contributed by atoms with van der Waals surface area (Å²) in [6.07, 6.45) is 3.71. The fourth-order valence-corrected chi connectivity index (χ4v) is 4.26. The van der Waals surface area contributed by atoms with Gasteiger partial charge in [0.05, 0.1) is 0 Å². The summed E-state index contributed by atoms with van der Waals surface area (Å²) < 4.78 is 5.69. The van der Waals surface area contributed by atoms with E-state index < -0.39 is 0 Å². The van der Waals surface area contributed by atoms with Crippen molar-refractivity contribution < 1.29 is 14.0 Å². The van der Waals surface area contributed by atoms with Crippen molar-refractivity contribution in [2.75, 3.05) is 24.5 Å². The van der Waals surface area contributed by atoms with E-state index in [1.807, 2.05) is 52.9 Å². The first-order valence-corrected chi connectivity index (χ1v) is 11.5. The summed E-state index contributed by atoms with van der Waals surface area (Å²) in [5.74, 6) is 0.732. The van der Waals surface area contributed by atoms with Crippen LogP contribution in [0.5, 0.6) is 0 Å². The number of benzene rings is 1. The van der Waals surface area contributed by atoms with Gasteiger partial charge in [0.1, 0.15) is 6.54 Å². The first kappa shape index (κ1) is 21.2. The minimum atomic E-state index is -0.135. The lowest BCUT2D eigenvalue weighted by atomic mass is 10.1. The fraction of sp³-hybridized carbons (Fsp3) is 0.391. The number of amides is 2. The smallest absolute Gasteiger partial charge is 0.248 e. The zero-order valence-corrected chi connectivity index (χ0v) is 18.4. The van der Waals surface area contributed by atoms with Crippen LogP contribution in [0.15, 0.2) is 45.5 Å². The highest BCUT2D eigenvalue weighted by atomic mass is 32.1. The number of piperidine rings is 1. The van der Waals surface area contributed by atoms with Gasteiger partial charge < -0.3 is 14.2 Å². The quantitative estimate of drug-likeness (QED) is 0.555. The van der Waals surface area contributed by atoms with Crippen molar-refractivity contribution in [1.82, 2.24) is 15.1 Å². The van der Waals surface area contributed by atoms with Crippen LogP contribution in [0.25, 0.3) is 11.5 Å². The van der Waals surface area contributed by atoms with Crippen molar-refractivity contribution >= 4 is 28.8 Å². The summed E-state index contributed by atoms with van der Waals surface area (Å²) in [5, 5.41) is 12.0. The fourth-order valence-electron chi connectivity index (χ4n) is 3.63. The molecule has 8 heteroatoms. The molecule has 2 aromatic heterocycles. The van der Waals surface area contributed by atoms with Crippen LogP contribution in [0.3, 0.4) is 0 Å². The average Bonchev–Trinajstić information content (AvgIpc) is 3.49. The number of carbonyl (C=O) groups excluding carboxylic acids is 2. The number of nitrogens with zero attached hydrogens (tertiary/aromatic N) is 4. The van der Waals surface area contributed by atoms with Crippen LogP contribution >= 0.6 is 11.3 Å². The summed E-state index contributed by atoms with van der Waals surface area (Å²) >= 11 is 1.56. The highest BCUT2D eigenvalue weighted by Gasteiger charge is 2.24. The molecular weight excluding hydrogens is 412 g/mol. The largest absolute Gasteiger partial charge is 0.421 e. The number of hydrogen-bond acceptors (Lipinski definition) is 6. The predicted molar refractivity (Wildman–Crippen MR) is 120 cm³/mol. The van der Waals surface area contributed by atoms with Crippen molar-refractivity contribution in [2.45, 2.75) is 39.0 Å². The summed E-state index contributed by atoms with van der Waals surface area (Å²) in [5.41, 5.74) is 2.71. The normalized spacial score (nSPS) is 13.9. The van der Waals surface area contributed by atoms with E-state index in [0.717, 1.165) is 49.2 Å². The molecule has 0 saturated carbocycles. The maximum atomic E-state index is 13.1. The molecule has 3 heterocycles. The molecule has 1 fully saturated rings. The molecule has 31 heavy (non-hydrogen) atoms. The van der Waals surface area contributed by atoms with Crippen LogP contribution in [0.2, 0.25) is 0 Å². The van der Waals surface area contributed by atoms with E-state index in [-0.39, 0.29) is 24.8 Å². The molecular formula is C23H26N4O3S. The molecule has 0 radical (unpaired) electrons. The number of rotatable bonds is 7. The number of aryl methyl sites for hydroxylation is 2. The lowest BCUT2D eigenvalue weighted by Gasteiger charge is -2.30. The number of likely N-dealkylation sites (tertiary alicyclic amines) is 1. The Morgan fingerprint density at radius 3 is 2.58 bits per heavy atom. The Morgan fingerprint density at radius 2 is 1.87 bits per heavy atom. The maximum absolute atomic E-state index is 13.1. The third kappa shape index (κ3) is 5.38. The predicted octanol–water partition coefficient (Wildman–Crippen LogP) is 4.08. The molecule has 162 valence electrons. The molecule has 0 spiro atoms. The van der Waals surface area contributed by atoms with Gasteiger partial charge in [0, 0.05) is 42.6 Å². The monoisotopic (exact) mass is 438 g/mol. The molecule has 0 N–H and O–H groups in total. The molecule has 0 atom stereocenters. The number of aromatic nitrogens is 2. The highest BCUT2D eigenvalue weighted by Crippen LogP contribution is 2.22. The van der Waals surface area contributed by atoms with Crippen LogP contribution in [-0.4, -0.2) is 46.5 Å². The maximum Gasteiger partial charge on any atom is 0.248 e. The minimum Gasteiger partial charge on any atom is -0.421 e. The second-order valence-corrected chi connectivity index (χ2v) is 8.55. The Labute approximate surface area is 185 Å². The zero-order chi connectivity index (χ0) is 21.6. The van der Waals surface area contributed by atoms with E-state index in [9.17, 15) is 9.59 Å². The lowest BCUT2D eigenvalue weighted by molar-refractivity contribution is -0.132. The van der Waals surface area contributed by atoms with Gasteiger partial charge in [-0.2, -0.15) is 11.3 Å². The zero-order valence-electron chi connectivity index (χ0n) is 17.6. The molecule has 0 aliphatic carbocycles. The van der Waals surface area contributed by atoms with Gasteiger partial charge in [-0.05, 0) is 49.8 Å². The summed E-state index contributed by atoms with van der Waals surface area (Å²) in [7, 11) is 0. The lowest BCUT2D eigenvalue weighted by Crippen LogP contribution is -2.45. The topological polar surface area (TPSA) is 79.5 Å². The summed E-state index contributed by atoms with van der Waals surface area (Å²) in [6, 6.07) is 9.59. The van der Waals surface area contributed by atoms with E-state index in [1.165, 1.54) is 0 Å². The Balaban J connectivity index is 1.44. The summed E-state index contributed by atoms with van der Waals surface area (Å²) in [6.45, 7) is 3.57. The Hall–Kier alpha value is -3.00. The van der Waals surface area contributed by atoms with Gasteiger partial charge in [-0.25, -0.2) is 0 Å². The second kappa shape index (κ2) is 9.87. The van der Waals surface area contributed by atoms with Crippen molar-refractivity contribution in [3.8, 4) is 11.5 Å². The second-order valence-electron chi connectivity index (χ2n) is 7.77. The Morgan fingerprint density at radius 1 is 1.10 bits per heavy atom. The van der Waals surface area contributed by atoms with Gasteiger partial charge in [-0.1, -0.05) is 17.7 Å². The molecule has 0 unspecified atom stereocenters. The molecule has 1 aromatic carbocycles. The molecule has 3 aromatic rings. The number of thiophene rings is 1. The summed E-state index contributed by atoms with van der Waals surface area (Å²) in [4.78, 5) is 29.4. The highest BCUT2D eigenvalue weighted by molar-refractivity contribution is 7.08.